The van der Waals surface area contributed by atoms with Crippen molar-refractivity contribution in [2.24, 2.45) is 16.6 Å². The van der Waals surface area contributed by atoms with E-state index in [4.69, 9.17) is 5.73 Å². The second kappa shape index (κ2) is 5.81. The molecule has 2 heteroatoms. The highest BCUT2D eigenvalue weighted by molar-refractivity contribution is 5.78. The maximum absolute atomic E-state index is 5.53. The highest BCUT2D eigenvalue weighted by Crippen LogP contribution is 2.15. The van der Waals surface area contributed by atoms with Crippen LogP contribution in [0.3, 0.4) is 0 Å². The number of nitrogens with two attached hydrogens (primary N) is 1. The zero-order valence-electron chi connectivity index (χ0n) is 8.59. The van der Waals surface area contributed by atoms with E-state index in [0.29, 0.717) is 11.8 Å². The SMILES string of the molecule is CC/C=C(/N=C(C)N)C(C)CC. The smallest absolute Gasteiger partial charge is 0.0960 e. The van der Waals surface area contributed by atoms with Crippen LogP contribution in [0.1, 0.15) is 40.5 Å². The Hall–Kier alpha value is -0.790. The van der Waals surface area contributed by atoms with Crippen molar-refractivity contribution in [1.82, 2.24) is 0 Å². The zero-order chi connectivity index (χ0) is 9.56. The molecule has 2 N–H and O–H groups in total. The Kier molecular flexibility index (Phi) is 5.43. The van der Waals surface area contributed by atoms with Crippen LogP contribution in [0.2, 0.25) is 0 Å². The highest BCUT2D eigenvalue weighted by atomic mass is 14.9. The lowest BCUT2D eigenvalue weighted by molar-refractivity contribution is 0.644. The highest BCUT2D eigenvalue weighted by Gasteiger charge is 2.03. The van der Waals surface area contributed by atoms with Crippen molar-refractivity contribution in [2.45, 2.75) is 40.5 Å². The topological polar surface area (TPSA) is 38.4 Å². The van der Waals surface area contributed by atoms with E-state index in [9.17, 15) is 0 Å². The summed E-state index contributed by atoms with van der Waals surface area (Å²) in [4.78, 5) is 4.29. The number of hydrogen-bond acceptors (Lipinski definition) is 1. The van der Waals surface area contributed by atoms with Gasteiger partial charge in [-0.3, -0.25) is 0 Å². The molecule has 0 aliphatic rings. The Morgan fingerprint density at radius 3 is 2.42 bits per heavy atom. The summed E-state index contributed by atoms with van der Waals surface area (Å²) in [6.07, 6.45) is 4.28. The average molecular weight is 168 g/mol. The molecule has 0 radical (unpaired) electrons. The number of rotatable bonds is 4. The van der Waals surface area contributed by atoms with E-state index >= 15 is 0 Å². The standard InChI is InChI=1S/C10H20N2/c1-5-7-10(8(3)6-2)12-9(4)11/h7-8H,5-6H2,1-4H3,(H2,11,12)/b10-7+. The first-order valence-corrected chi connectivity index (χ1v) is 4.62. The first-order valence-electron chi connectivity index (χ1n) is 4.62. The molecule has 1 atom stereocenters. The van der Waals surface area contributed by atoms with Gasteiger partial charge in [0.2, 0.25) is 0 Å². The molecular weight excluding hydrogens is 148 g/mol. The van der Waals surface area contributed by atoms with E-state index in [0.717, 1.165) is 18.5 Å². The third-order valence-corrected chi connectivity index (χ3v) is 1.84. The first-order chi connectivity index (χ1) is 5.61. The minimum absolute atomic E-state index is 0.517. The van der Waals surface area contributed by atoms with Crippen molar-refractivity contribution >= 4 is 5.84 Å². The largest absolute Gasteiger partial charge is 0.387 e. The fraction of sp³-hybridized carbons (Fsp3) is 0.700. The molecule has 70 valence electrons. The molecule has 0 aromatic carbocycles. The zero-order valence-corrected chi connectivity index (χ0v) is 8.59. The fourth-order valence-electron chi connectivity index (χ4n) is 0.979. The summed E-state index contributed by atoms with van der Waals surface area (Å²) in [7, 11) is 0. The van der Waals surface area contributed by atoms with Crippen LogP contribution in [0.5, 0.6) is 0 Å². The molecule has 2 nitrogen and oxygen atoms in total. The van der Waals surface area contributed by atoms with Crippen LogP contribution < -0.4 is 5.73 Å². The van der Waals surface area contributed by atoms with Crippen LogP contribution in [-0.2, 0) is 0 Å². The summed E-state index contributed by atoms with van der Waals surface area (Å²) in [5.74, 6) is 1.17. The summed E-state index contributed by atoms with van der Waals surface area (Å²) >= 11 is 0. The molecule has 12 heavy (non-hydrogen) atoms. The summed E-state index contributed by atoms with van der Waals surface area (Å²) in [6, 6.07) is 0. The Morgan fingerprint density at radius 2 is 2.08 bits per heavy atom. The van der Waals surface area contributed by atoms with Crippen LogP contribution >= 0.6 is 0 Å². The quantitative estimate of drug-likeness (QED) is 0.508. The van der Waals surface area contributed by atoms with Crippen molar-refractivity contribution in [3.63, 3.8) is 0 Å². The average Bonchev–Trinajstić information content (AvgIpc) is 2.01. The van der Waals surface area contributed by atoms with E-state index in [-0.39, 0.29) is 0 Å². The predicted molar refractivity (Wildman–Crippen MR) is 55.1 cm³/mol. The molecule has 0 aliphatic carbocycles. The number of hydrogen-bond donors (Lipinski definition) is 1. The van der Waals surface area contributed by atoms with E-state index < -0.39 is 0 Å². The van der Waals surface area contributed by atoms with Crippen LogP contribution in [0, 0.1) is 5.92 Å². The molecule has 0 aliphatic heterocycles. The maximum atomic E-state index is 5.53. The summed E-state index contributed by atoms with van der Waals surface area (Å²) in [5, 5.41) is 0. The van der Waals surface area contributed by atoms with Gasteiger partial charge in [0.15, 0.2) is 0 Å². The van der Waals surface area contributed by atoms with Crippen molar-refractivity contribution < 1.29 is 0 Å². The van der Waals surface area contributed by atoms with Crippen molar-refractivity contribution in [3.8, 4) is 0 Å². The maximum Gasteiger partial charge on any atom is 0.0960 e. The van der Waals surface area contributed by atoms with Gasteiger partial charge in [-0.05, 0) is 25.7 Å². The van der Waals surface area contributed by atoms with Gasteiger partial charge in [0.05, 0.1) is 5.84 Å². The fourth-order valence-corrected chi connectivity index (χ4v) is 0.979. The molecule has 0 aromatic rings. The van der Waals surface area contributed by atoms with Crippen LogP contribution in [0.25, 0.3) is 0 Å². The Bertz CT molecular complexity index is 176. The van der Waals surface area contributed by atoms with Crippen LogP contribution in [-0.4, -0.2) is 5.84 Å². The summed E-state index contributed by atoms with van der Waals surface area (Å²) in [5.41, 5.74) is 6.65. The minimum Gasteiger partial charge on any atom is -0.387 e. The first kappa shape index (κ1) is 11.2. The molecule has 0 bridgehead atoms. The molecule has 0 fully saturated rings. The lowest BCUT2D eigenvalue weighted by Gasteiger charge is -2.09. The predicted octanol–water partition coefficient (Wildman–Crippen LogP) is 2.70. The number of allylic oxidation sites excluding steroid dienone is 2. The molecule has 0 spiro atoms. The second-order valence-corrected chi connectivity index (χ2v) is 3.10. The van der Waals surface area contributed by atoms with Crippen molar-refractivity contribution in [1.29, 1.82) is 0 Å². The monoisotopic (exact) mass is 168 g/mol. The normalized spacial score (nSPS) is 16.3. The number of aliphatic imine (C=N–C) groups is 1. The lowest BCUT2D eigenvalue weighted by Crippen LogP contribution is -2.07. The van der Waals surface area contributed by atoms with Gasteiger partial charge in [-0.25, -0.2) is 4.99 Å². The van der Waals surface area contributed by atoms with E-state index in [2.05, 4.69) is 31.8 Å². The Morgan fingerprint density at radius 1 is 1.50 bits per heavy atom. The molecule has 1 unspecified atom stereocenters. The molecular formula is C10H20N2. The molecule has 0 heterocycles. The second-order valence-electron chi connectivity index (χ2n) is 3.10. The lowest BCUT2D eigenvalue weighted by atomic mass is 10.0. The van der Waals surface area contributed by atoms with Gasteiger partial charge in [0.25, 0.3) is 0 Å². The van der Waals surface area contributed by atoms with Gasteiger partial charge in [-0.2, -0.15) is 0 Å². The Labute approximate surface area is 75.6 Å². The number of nitrogens with zero attached hydrogens (tertiary/aromatic N) is 1. The van der Waals surface area contributed by atoms with Gasteiger partial charge in [0, 0.05) is 5.70 Å². The molecule has 0 saturated heterocycles. The van der Waals surface area contributed by atoms with Crippen molar-refractivity contribution in [3.05, 3.63) is 11.8 Å². The van der Waals surface area contributed by atoms with Gasteiger partial charge in [-0.1, -0.05) is 26.8 Å². The van der Waals surface area contributed by atoms with Gasteiger partial charge in [-0.15, -0.1) is 0 Å². The number of amidine groups is 1. The third kappa shape index (κ3) is 4.16. The molecule has 0 saturated carbocycles. The van der Waals surface area contributed by atoms with E-state index in [1.54, 1.807) is 0 Å². The van der Waals surface area contributed by atoms with Crippen LogP contribution in [0.4, 0.5) is 0 Å². The van der Waals surface area contributed by atoms with Gasteiger partial charge >= 0.3 is 0 Å². The van der Waals surface area contributed by atoms with Gasteiger partial charge in [0.1, 0.15) is 0 Å². The third-order valence-electron chi connectivity index (χ3n) is 1.84. The minimum atomic E-state index is 0.517. The van der Waals surface area contributed by atoms with Crippen LogP contribution in [0.15, 0.2) is 16.8 Å². The molecule has 0 rings (SSSR count). The summed E-state index contributed by atoms with van der Waals surface area (Å²) in [6.45, 7) is 8.28. The summed E-state index contributed by atoms with van der Waals surface area (Å²) < 4.78 is 0. The van der Waals surface area contributed by atoms with E-state index in [1.807, 2.05) is 6.92 Å². The molecule has 0 amide bonds. The Balaban J connectivity index is 4.45. The van der Waals surface area contributed by atoms with Crippen molar-refractivity contribution in [2.75, 3.05) is 0 Å². The molecule has 0 aromatic heterocycles. The van der Waals surface area contributed by atoms with E-state index in [1.165, 1.54) is 0 Å². The van der Waals surface area contributed by atoms with Gasteiger partial charge < -0.3 is 5.73 Å².